The fourth-order valence-corrected chi connectivity index (χ4v) is 2.19. The zero-order valence-corrected chi connectivity index (χ0v) is 12.5. The molecular formula is C14H18BrFO2. The Kier molecular flexibility index (Phi) is 5.96. The summed E-state index contributed by atoms with van der Waals surface area (Å²) in [5, 5.41) is 0. The van der Waals surface area contributed by atoms with Gasteiger partial charge in [-0.25, -0.2) is 4.39 Å². The van der Waals surface area contributed by atoms with E-state index in [2.05, 4.69) is 15.9 Å². The van der Waals surface area contributed by atoms with E-state index in [4.69, 9.17) is 4.74 Å². The molecule has 0 saturated carbocycles. The van der Waals surface area contributed by atoms with Crippen LogP contribution in [0.2, 0.25) is 0 Å². The third kappa shape index (κ3) is 4.18. The summed E-state index contributed by atoms with van der Waals surface area (Å²) >= 11 is 3.32. The van der Waals surface area contributed by atoms with Gasteiger partial charge in [-0.05, 0) is 36.6 Å². The van der Waals surface area contributed by atoms with Crippen molar-refractivity contribution in [2.24, 2.45) is 5.92 Å². The molecule has 0 N–H and O–H groups in total. The highest BCUT2D eigenvalue weighted by molar-refractivity contribution is 9.10. The van der Waals surface area contributed by atoms with Crippen LogP contribution in [-0.4, -0.2) is 18.5 Å². The molecule has 4 heteroatoms. The van der Waals surface area contributed by atoms with Gasteiger partial charge in [0.25, 0.3) is 0 Å². The Labute approximate surface area is 116 Å². The standard InChI is InChI=1S/C14H18BrFO2/c1-4-18-14(9(2)3)13(17)8-10-7-11(16)5-6-12(10)15/h5-7,9,14H,4,8H2,1-3H3. The molecule has 18 heavy (non-hydrogen) atoms. The molecule has 100 valence electrons. The second kappa shape index (κ2) is 7.00. The van der Waals surface area contributed by atoms with Gasteiger partial charge in [0.1, 0.15) is 11.9 Å². The van der Waals surface area contributed by atoms with Crippen LogP contribution in [0.3, 0.4) is 0 Å². The first kappa shape index (κ1) is 15.3. The van der Waals surface area contributed by atoms with Gasteiger partial charge in [-0.3, -0.25) is 4.79 Å². The van der Waals surface area contributed by atoms with E-state index >= 15 is 0 Å². The van der Waals surface area contributed by atoms with Crippen LogP contribution in [0, 0.1) is 11.7 Å². The Bertz CT molecular complexity index is 418. The van der Waals surface area contributed by atoms with Crippen molar-refractivity contribution in [3.63, 3.8) is 0 Å². The SMILES string of the molecule is CCOC(C(=O)Cc1cc(F)ccc1Br)C(C)C. The summed E-state index contributed by atoms with van der Waals surface area (Å²) in [6.07, 6.45) is -0.244. The van der Waals surface area contributed by atoms with Crippen molar-refractivity contribution >= 4 is 21.7 Å². The van der Waals surface area contributed by atoms with E-state index in [9.17, 15) is 9.18 Å². The predicted octanol–water partition coefficient (Wildman–Crippen LogP) is 3.76. The molecule has 0 aliphatic carbocycles. The Hall–Kier alpha value is -0.740. The minimum absolute atomic E-state index is 0.0156. The number of hydrogen-bond acceptors (Lipinski definition) is 2. The van der Waals surface area contributed by atoms with Crippen LogP contribution in [0.1, 0.15) is 26.3 Å². The van der Waals surface area contributed by atoms with Crippen LogP contribution in [0.25, 0.3) is 0 Å². The maximum atomic E-state index is 13.1. The maximum absolute atomic E-state index is 13.1. The molecule has 0 saturated heterocycles. The number of ketones is 1. The minimum Gasteiger partial charge on any atom is -0.370 e. The zero-order chi connectivity index (χ0) is 13.7. The number of halogens is 2. The quantitative estimate of drug-likeness (QED) is 0.798. The van der Waals surface area contributed by atoms with Crippen molar-refractivity contribution in [2.45, 2.75) is 33.3 Å². The summed E-state index contributed by atoms with van der Waals surface area (Å²) in [5.41, 5.74) is 0.658. The van der Waals surface area contributed by atoms with Crippen LogP contribution < -0.4 is 0 Å². The summed E-state index contributed by atoms with van der Waals surface area (Å²) in [6.45, 7) is 6.25. The van der Waals surface area contributed by atoms with E-state index in [1.807, 2.05) is 20.8 Å². The molecule has 1 aromatic rings. The number of benzene rings is 1. The van der Waals surface area contributed by atoms with E-state index in [1.165, 1.54) is 12.1 Å². The Morgan fingerprint density at radius 1 is 1.44 bits per heavy atom. The van der Waals surface area contributed by atoms with E-state index in [-0.39, 0.29) is 23.9 Å². The first-order chi connectivity index (χ1) is 8.45. The Morgan fingerprint density at radius 3 is 2.67 bits per heavy atom. The van der Waals surface area contributed by atoms with Crippen LogP contribution in [0.15, 0.2) is 22.7 Å². The van der Waals surface area contributed by atoms with Gasteiger partial charge in [0.05, 0.1) is 0 Å². The molecule has 1 rings (SSSR count). The molecule has 0 aromatic heterocycles. The minimum atomic E-state index is -0.426. The van der Waals surface area contributed by atoms with Crippen molar-refractivity contribution in [1.82, 2.24) is 0 Å². The molecule has 0 bridgehead atoms. The summed E-state index contributed by atoms with van der Waals surface area (Å²) in [6, 6.07) is 4.36. The molecule has 1 unspecified atom stereocenters. The number of hydrogen-bond donors (Lipinski definition) is 0. The van der Waals surface area contributed by atoms with Crippen molar-refractivity contribution in [3.05, 3.63) is 34.1 Å². The molecular weight excluding hydrogens is 299 g/mol. The van der Waals surface area contributed by atoms with Crippen LogP contribution >= 0.6 is 15.9 Å². The highest BCUT2D eigenvalue weighted by Crippen LogP contribution is 2.20. The van der Waals surface area contributed by atoms with Gasteiger partial charge < -0.3 is 4.74 Å². The third-order valence-electron chi connectivity index (χ3n) is 2.64. The van der Waals surface area contributed by atoms with E-state index in [1.54, 1.807) is 6.07 Å². The van der Waals surface area contributed by atoms with Gasteiger partial charge in [0.2, 0.25) is 0 Å². The van der Waals surface area contributed by atoms with E-state index < -0.39 is 6.10 Å². The van der Waals surface area contributed by atoms with Crippen LogP contribution in [-0.2, 0) is 16.0 Å². The lowest BCUT2D eigenvalue weighted by Gasteiger charge is -2.19. The van der Waals surface area contributed by atoms with Crippen molar-refractivity contribution in [2.75, 3.05) is 6.61 Å². The summed E-state index contributed by atoms with van der Waals surface area (Å²) in [4.78, 5) is 12.1. The van der Waals surface area contributed by atoms with Crippen molar-refractivity contribution in [1.29, 1.82) is 0 Å². The van der Waals surface area contributed by atoms with Crippen molar-refractivity contribution < 1.29 is 13.9 Å². The van der Waals surface area contributed by atoms with Gasteiger partial charge in [-0.15, -0.1) is 0 Å². The molecule has 2 nitrogen and oxygen atoms in total. The monoisotopic (exact) mass is 316 g/mol. The van der Waals surface area contributed by atoms with E-state index in [0.717, 1.165) is 4.47 Å². The van der Waals surface area contributed by atoms with Gasteiger partial charge >= 0.3 is 0 Å². The average Bonchev–Trinajstić information content (AvgIpc) is 2.30. The lowest BCUT2D eigenvalue weighted by atomic mass is 9.97. The van der Waals surface area contributed by atoms with Crippen LogP contribution in [0.4, 0.5) is 4.39 Å². The molecule has 0 amide bonds. The first-order valence-corrected chi connectivity index (χ1v) is 6.83. The lowest BCUT2D eigenvalue weighted by Crippen LogP contribution is -2.31. The number of carbonyl (C=O) groups is 1. The smallest absolute Gasteiger partial charge is 0.166 e. The average molecular weight is 317 g/mol. The molecule has 1 aromatic carbocycles. The van der Waals surface area contributed by atoms with Gasteiger partial charge in [0.15, 0.2) is 5.78 Å². The topological polar surface area (TPSA) is 26.3 Å². The third-order valence-corrected chi connectivity index (χ3v) is 3.42. The molecule has 0 radical (unpaired) electrons. The zero-order valence-electron chi connectivity index (χ0n) is 10.9. The largest absolute Gasteiger partial charge is 0.370 e. The predicted molar refractivity (Wildman–Crippen MR) is 73.1 cm³/mol. The summed E-state index contributed by atoms with van der Waals surface area (Å²) in [5.74, 6) is -0.235. The lowest BCUT2D eigenvalue weighted by molar-refractivity contribution is -0.132. The molecule has 0 aliphatic rings. The molecule has 0 spiro atoms. The molecule has 0 fully saturated rings. The number of carbonyl (C=O) groups excluding carboxylic acids is 1. The van der Waals surface area contributed by atoms with Gasteiger partial charge in [-0.2, -0.15) is 0 Å². The van der Waals surface area contributed by atoms with Crippen LogP contribution in [0.5, 0.6) is 0 Å². The number of rotatable bonds is 6. The summed E-state index contributed by atoms with van der Waals surface area (Å²) < 4.78 is 19.3. The van der Waals surface area contributed by atoms with E-state index in [0.29, 0.717) is 12.2 Å². The van der Waals surface area contributed by atoms with Gasteiger partial charge in [0, 0.05) is 17.5 Å². The second-order valence-electron chi connectivity index (χ2n) is 4.50. The number of Topliss-reactive ketones (excluding diaryl/α,β-unsaturated/α-hetero) is 1. The first-order valence-electron chi connectivity index (χ1n) is 6.04. The molecule has 1 atom stereocenters. The highest BCUT2D eigenvalue weighted by Gasteiger charge is 2.23. The fourth-order valence-electron chi connectivity index (χ4n) is 1.80. The van der Waals surface area contributed by atoms with Crippen molar-refractivity contribution in [3.8, 4) is 0 Å². The Morgan fingerprint density at radius 2 is 2.11 bits per heavy atom. The highest BCUT2D eigenvalue weighted by atomic mass is 79.9. The normalized spacial score (nSPS) is 12.8. The molecule has 0 aliphatic heterocycles. The summed E-state index contributed by atoms with van der Waals surface area (Å²) in [7, 11) is 0. The molecule has 0 heterocycles. The Balaban J connectivity index is 2.82. The van der Waals surface area contributed by atoms with Gasteiger partial charge in [-0.1, -0.05) is 29.8 Å². The number of ether oxygens (including phenoxy) is 1. The maximum Gasteiger partial charge on any atom is 0.166 e. The fraction of sp³-hybridized carbons (Fsp3) is 0.500. The second-order valence-corrected chi connectivity index (χ2v) is 5.35.